The van der Waals surface area contributed by atoms with Crippen LogP contribution >= 0.6 is 0 Å². The fourth-order valence-corrected chi connectivity index (χ4v) is 3.13. The number of H-pyrrole nitrogens is 1. The predicted octanol–water partition coefficient (Wildman–Crippen LogP) is 4.12. The number of aryl methyl sites for hydroxylation is 1. The molecule has 9 heteroatoms. The van der Waals surface area contributed by atoms with Crippen LogP contribution in [0.4, 0.5) is 13.2 Å². The van der Waals surface area contributed by atoms with Crippen molar-refractivity contribution in [2.24, 2.45) is 7.05 Å². The molecule has 1 atom stereocenters. The van der Waals surface area contributed by atoms with Gasteiger partial charge in [0.05, 0.1) is 5.52 Å². The van der Waals surface area contributed by atoms with Gasteiger partial charge >= 0.3 is 6.18 Å². The van der Waals surface area contributed by atoms with E-state index in [0.29, 0.717) is 23.2 Å². The standard InChI is InChI=1S/C19H17F3N6/c1-11(8-16-26-23-10-28(16)2)12-4-3-5-13(9-12)17-18-14(25-27-17)6-7-15(24-18)19(20,21)22/h3-7,9-11H,8H2,1-2H3,(H,25,27)/t11-/m1/s1. The summed E-state index contributed by atoms with van der Waals surface area (Å²) in [5, 5.41) is 14.9. The van der Waals surface area contributed by atoms with Gasteiger partial charge in [-0.2, -0.15) is 18.3 Å². The molecule has 0 radical (unpaired) electrons. The summed E-state index contributed by atoms with van der Waals surface area (Å²) in [6.45, 7) is 2.07. The van der Waals surface area contributed by atoms with Gasteiger partial charge in [0, 0.05) is 19.0 Å². The molecule has 0 unspecified atom stereocenters. The third kappa shape index (κ3) is 3.35. The van der Waals surface area contributed by atoms with E-state index in [1.165, 1.54) is 6.07 Å². The van der Waals surface area contributed by atoms with Gasteiger partial charge in [0.15, 0.2) is 0 Å². The van der Waals surface area contributed by atoms with E-state index in [4.69, 9.17) is 0 Å². The average molecular weight is 386 g/mol. The number of alkyl halides is 3. The van der Waals surface area contributed by atoms with Crippen LogP contribution in [-0.2, 0) is 19.6 Å². The van der Waals surface area contributed by atoms with Crippen LogP contribution in [0.2, 0.25) is 0 Å². The summed E-state index contributed by atoms with van der Waals surface area (Å²) >= 11 is 0. The number of nitrogens with zero attached hydrogens (tertiary/aromatic N) is 5. The van der Waals surface area contributed by atoms with Crippen LogP contribution < -0.4 is 0 Å². The molecule has 6 nitrogen and oxygen atoms in total. The molecule has 4 rings (SSSR count). The molecule has 3 heterocycles. The first-order chi connectivity index (χ1) is 13.3. The average Bonchev–Trinajstić information content (AvgIpc) is 3.27. The summed E-state index contributed by atoms with van der Waals surface area (Å²) in [7, 11) is 1.89. The van der Waals surface area contributed by atoms with E-state index < -0.39 is 11.9 Å². The van der Waals surface area contributed by atoms with E-state index in [-0.39, 0.29) is 11.4 Å². The highest BCUT2D eigenvalue weighted by atomic mass is 19.4. The third-order valence-corrected chi connectivity index (χ3v) is 4.72. The van der Waals surface area contributed by atoms with Crippen molar-refractivity contribution in [2.45, 2.75) is 25.4 Å². The smallest absolute Gasteiger partial charge is 0.321 e. The Morgan fingerprint density at radius 2 is 2.00 bits per heavy atom. The lowest BCUT2D eigenvalue weighted by Gasteiger charge is -2.12. The second kappa shape index (κ2) is 6.74. The molecular weight excluding hydrogens is 369 g/mol. The minimum Gasteiger partial charge on any atom is -0.321 e. The van der Waals surface area contributed by atoms with E-state index in [9.17, 15) is 13.2 Å². The summed E-state index contributed by atoms with van der Waals surface area (Å²) in [6, 6.07) is 9.89. The van der Waals surface area contributed by atoms with Crippen molar-refractivity contribution in [2.75, 3.05) is 0 Å². The lowest BCUT2D eigenvalue weighted by atomic mass is 9.95. The van der Waals surface area contributed by atoms with Crippen LogP contribution in [0.5, 0.6) is 0 Å². The molecule has 0 spiro atoms. The van der Waals surface area contributed by atoms with Crippen LogP contribution in [-0.4, -0.2) is 29.9 Å². The molecule has 28 heavy (non-hydrogen) atoms. The molecule has 1 N–H and O–H groups in total. The summed E-state index contributed by atoms with van der Waals surface area (Å²) in [6.07, 6.45) is -2.16. The molecule has 0 saturated carbocycles. The molecule has 4 aromatic rings. The zero-order valence-corrected chi connectivity index (χ0v) is 15.2. The highest BCUT2D eigenvalue weighted by Gasteiger charge is 2.33. The first-order valence-corrected chi connectivity index (χ1v) is 8.68. The van der Waals surface area contributed by atoms with Crippen molar-refractivity contribution in [3.63, 3.8) is 0 Å². The monoisotopic (exact) mass is 386 g/mol. The van der Waals surface area contributed by atoms with Crippen molar-refractivity contribution in [3.8, 4) is 11.3 Å². The predicted molar refractivity (Wildman–Crippen MR) is 97.4 cm³/mol. The van der Waals surface area contributed by atoms with Gasteiger partial charge in [-0.05, 0) is 29.7 Å². The number of benzene rings is 1. The van der Waals surface area contributed by atoms with Crippen molar-refractivity contribution in [1.82, 2.24) is 29.9 Å². The van der Waals surface area contributed by atoms with Crippen molar-refractivity contribution >= 4 is 11.0 Å². The van der Waals surface area contributed by atoms with Gasteiger partial charge in [0.2, 0.25) is 0 Å². The Kier molecular flexibility index (Phi) is 4.37. The maximum Gasteiger partial charge on any atom is 0.433 e. The summed E-state index contributed by atoms with van der Waals surface area (Å²) in [4.78, 5) is 3.79. The molecule has 0 bridgehead atoms. The fraction of sp³-hybridized carbons (Fsp3) is 0.263. The minimum absolute atomic E-state index is 0.145. The summed E-state index contributed by atoms with van der Waals surface area (Å²) < 4.78 is 41.0. The van der Waals surface area contributed by atoms with Gasteiger partial charge in [-0.25, -0.2) is 4.98 Å². The molecule has 1 aromatic carbocycles. The number of aromatic nitrogens is 6. The van der Waals surface area contributed by atoms with Crippen molar-refractivity contribution in [1.29, 1.82) is 0 Å². The molecule has 0 fully saturated rings. The van der Waals surface area contributed by atoms with Gasteiger partial charge in [-0.3, -0.25) is 5.10 Å². The maximum absolute atomic E-state index is 13.0. The second-order valence-electron chi connectivity index (χ2n) is 6.75. The largest absolute Gasteiger partial charge is 0.433 e. The first kappa shape index (κ1) is 18.1. The van der Waals surface area contributed by atoms with Crippen LogP contribution in [0.1, 0.15) is 29.9 Å². The van der Waals surface area contributed by atoms with Crippen LogP contribution in [0.25, 0.3) is 22.3 Å². The van der Waals surface area contributed by atoms with E-state index >= 15 is 0 Å². The molecule has 0 saturated heterocycles. The van der Waals surface area contributed by atoms with Crippen LogP contribution in [0.15, 0.2) is 42.7 Å². The topological polar surface area (TPSA) is 72.3 Å². The molecular formula is C19H17F3N6. The lowest BCUT2D eigenvalue weighted by Crippen LogP contribution is -2.07. The normalized spacial score (nSPS) is 13.2. The number of fused-ring (bicyclic) bond motifs is 1. The second-order valence-corrected chi connectivity index (χ2v) is 6.75. The van der Waals surface area contributed by atoms with E-state index in [1.54, 1.807) is 6.33 Å². The van der Waals surface area contributed by atoms with Crippen molar-refractivity contribution in [3.05, 3.63) is 59.8 Å². The Bertz CT molecular complexity index is 1130. The zero-order chi connectivity index (χ0) is 19.9. The van der Waals surface area contributed by atoms with Gasteiger partial charge < -0.3 is 4.57 Å². The Morgan fingerprint density at radius 3 is 2.71 bits per heavy atom. The third-order valence-electron chi connectivity index (χ3n) is 4.72. The van der Waals surface area contributed by atoms with Gasteiger partial charge in [-0.1, -0.05) is 25.1 Å². The summed E-state index contributed by atoms with van der Waals surface area (Å²) in [5.74, 6) is 1.01. The SMILES string of the molecule is C[C@H](Cc1nncn1C)c1cccc(-c2n[nH]c3ccc(C(F)(F)F)nc23)c1. The van der Waals surface area contributed by atoms with Gasteiger partial charge in [-0.15, -0.1) is 10.2 Å². The van der Waals surface area contributed by atoms with Crippen LogP contribution in [0, 0.1) is 0 Å². The van der Waals surface area contributed by atoms with E-state index in [0.717, 1.165) is 17.5 Å². The number of nitrogens with one attached hydrogen (secondary N) is 1. The quantitative estimate of drug-likeness (QED) is 0.573. The Labute approximate surface area is 158 Å². The number of halogens is 3. The number of pyridine rings is 1. The van der Waals surface area contributed by atoms with E-state index in [1.807, 2.05) is 35.9 Å². The molecule has 0 aliphatic carbocycles. The lowest BCUT2D eigenvalue weighted by molar-refractivity contribution is -0.140. The molecule has 0 aliphatic heterocycles. The number of hydrogen-bond acceptors (Lipinski definition) is 4. The number of hydrogen-bond donors (Lipinski definition) is 1. The minimum atomic E-state index is -4.50. The molecule has 0 amide bonds. The Hall–Kier alpha value is -3.23. The Morgan fingerprint density at radius 1 is 1.18 bits per heavy atom. The highest BCUT2D eigenvalue weighted by Crippen LogP contribution is 2.32. The van der Waals surface area contributed by atoms with Crippen molar-refractivity contribution < 1.29 is 13.2 Å². The summed E-state index contributed by atoms with van der Waals surface area (Å²) in [5.41, 5.74) is 1.86. The Balaban J connectivity index is 1.70. The molecule has 144 valence electrons. The number of aromatic amines is 1. The molecule has 0 aliphatic rings. The maximum atomic E-state index is 13.0. The fourth-order valence-electron chi connectivity index (χ4n) is 3.13. The highest BCUT2D eigenvalue weighted by molar-refractivity contribution is 5.89. The first-order valence-electron chi connectivity index (χ1n) is 8.68. The zero-order valence-electron chi connectivity index (χ0n) is 15.2. The van der Waals surface area contributed by atoms with Crippen LogP contribution in [0.3, 0.4) is 0 Å². The molecule has 3 aromatic heterocycles. The van der Waals surface area contributed by atoms with Gasteiger partial charge in [0.25, 0.3) is 0 Å². The van der Waals surface area contributed by atoms with Gasteiger partial charge in [0.1, 0.15) is 29.1 Å². The van der Waals surface area contributed by atoms with E-state index in [2.05, 4.69) is 32.3 Å². The number of rotatable bonds is 4.